The van der Waals surface area contributed by atoms with Crippen molar-refractivity contribution in [1.29, 1.82) is 10.5 Å². The Kier molecular flexibility index (Phi) is 3.07. The number of rotatable bonds is 2. The number of azo groups is 1. The first-order chi connectivity index (χ1) is 4.62. The third-order valence-electron chi connectivity index (χ3n) is 0.736. The molecule has 0 aliphatic rings. The van der Waals surface area contributed by atoms with E-state index in [0.717, 1.165) is 0 Å². The van der Waals surface area contributed by atoms with E-state index in [9.17, 15) is 0 Å². The van der Waals surface area contributed by atoms with Gasteiger partial charge in [-0.25, -0.2) is 0 Å². The van der Waals surface area contributed by atoms with Crippen molar-refractivity contribution in [3.05, 3.63) is 0 Å². The first kappa shape index (κ1) is 8.58. The Morgan fingerprint density at radius 3 is 2.40 bits per heavy atom. The molecule has 0 aliphatic carbocycles. The molecule has 0 saturated heterocycles. The molecule has 0 heterocycles. The van der Waals surface area contributed by atoms with Gasteiger partial charge in [0.05, 0.1) is 12.1 Å². The minimum Gasteiger partial charge on any atom is -0.196 e. The van der Waals surface area contributed by atoms with E-state index in [-0.39, 0.29) is 6.54 Å². The van der Waals surface area contributed by atoms with E-state index in [1.54, 1.807) is 19.9 Å². The van der Waals surface area contributed by atoms with Crippen LogP contribution in [0.15, 0.2) is 10.2 Å². The van der Waals surface area contributed by atoms with E-state index < -0.39 is 5.54 Å². The van der Waals surface area contributed by atoms with Gasteiger partial charge in [0, 0.05) is 0 Å². The van der Waals surface area contributed by atoms with Crippen LogP contribution in [0.5, 0.6) is 0 Å². The maximum atomic E-state index is 8.41. The van der Waals surface area contributed by atoms with Crippen LogP contribution in [0.25, 0.3) is 0 Å². The lowest BCUT2D eigenvalue weighted by atomic mass is 10.1. The maximum Gasteiger partial charge on any atom is 0.161 e. The van der Waals surface area contributed by atoms with Crippen LogP contribution in [0.4, 0.5) is 0 Å². The summed E-state index contributed by atoms with van der Waals surface area (Å²) in [6.07, 6.45) is 0. The number of nitrogens with zero attached hydrogens (tertiary/aromatic N) is 4. The van der Waals surface area contributed by atoms with Crippen LogP contribution in [-0.2, 0) is 0 Å². The highest BCUT2D eigenvalue weighted by Crippen LogP contribution is 2.05. The second kappa shape index (κ2) is 3.58. The minimum atomic E-state index is -0.795. The minimum absolute atomic E-state index is 0.0190. The van der Waals surface area contributed by atoms with Gasteiger partial charge in [0.1, 0.15) is 6.54 Å². The van der Waals surface area contributed by atoms with Gasteiger partial charge in [-0.2, -0.15) is 20.8 Å². The standard InChI is InChI=1S/C6H8N4/c1-6(2,5-8)10-9-4-3-7/h4H2,1-2H3. The van der Waals surface area contributed by atoms with Crippen LogP contribution < -0.4 is 0 Å². The third kappa shape index (κ3) is 3.57. The molecule has 0 aromatic rings. The highest BCUT2D eigenvalue weighted by atomic mass is 15.1. The van der Waals surface area contributed by atoms with Gasteiger partial charge in [-0.3, -0.25) is 0 Å². The van der Waals surface area contributed by atoms with Gasteiger partial charge in [-0.05, 0) is 13.8 Å². The monoisotopic (exact) mass is 136 g/mol. The van der Waals surface area contributed by atoms with E-state index in [2.05, 4.69) is 10.2 Å². The molecule has 4 heteroatoms. The van der Waals surface area contributed by atoms with E-state index in [1.807, 2.05) is 6.07 Å². The predicted octanol–water partition coefficient (Wildman–Crippen LogP) is 1.26. The van der Waals surface area contributed by atoms with Gasteiger partial charge in [0.15, 0.2) is 5.54 Å². The molecular weight excluding hydrogens is 128 g/mol. The van der Waals surface area contributed by atoms with Crippen molar-refractivity contribution in [2.24, 2.45) is 10.2 Å². The summed E-state index contributed by atoms with van der Waals surface area (Å²) in [6, 6.07) is 3.72. The van der Waals surface area contributed by atoms with Crippen LogP contribution in [0.2, 0.25) is 0 Å². The van der Waals surface area contributed by atoms with Gasteiger partial charge in [0.25, 0.3) is 0 Å². The van der Waals surface area contributed by atoms with Crippen molar-refractivity contribution >= 4 is 0 Å². The molecule has 0 radical (unpaired) electrons. The summed E-state index contributed by atoms with van der Waals surface area (Å²) in [4.78, 5) is 0. The van der Waals surface area contributed by atoms with E-state index in [0.29, 0.717) is 0 Å². The second-order valence-corrected chi connectivity index (χ2v) is 2.23. The topological polar surface area (TPSA) is 72.3 Å². The number of hydrogen-bond donors (Lipinski definition) is 0. The Morgan fingerprint density at radius 1 is 1.40 bits per heavy atom. The Balaban J connectivity index is 3.93. The lowest BCUT2D eigenvalue weighted by Crippen LogP contribution is -2.11. The fourth-order valence-corrected chi connectivity index (χ4v) is 0.266. The molecule has 0 rings (SSSR count). The highest BCUT2D eigenvalue weighted by Gasteiger charge is 2.13. The lowest BCUT2D eigenvalue weighted by molar-refractivity contribution is 0.622. The quantitative estimate of drug-likeness (QED) is 0.423. The smallest absolute Gasteiger partial charge is 0.161 e. The normalized spacial score (nSPS) is 10.8. The molecule has 0 atom stereocenters. The summed E-state index contributed by atoms with van der Waals surface area (Å²) in [5.41, 5.74) is -0.795. The van der Waals surface area contributed by atoms with Crippen molar-refractivity contribution in [3.8, 4) is 12.1 Å². The molecule has 0 aromatic heterocycles. The number of nitriles is 2. The summed E-state index contributed by atoms with van der Waals surface area (Å²) >= 11 is 0. The summed E-state index contributed by atoms with van der Waals surface area (Å²) in [6.45, 7) is 3.28. The van der Waals surface area contributed by atoms with E-state index in [1.165, 1.54) is 0 Å². The van der Waals surface area contributed by atoms with Gasteiger partial charge >= 0.3 is 0 Å². The fraction of sp³-hybridized carbons (Fsp3) is 0.667. The highest BCUT2D eigenvalue weighted by molar-refractivity contribution is 4.99. The van der Waals surface area contributed by atoms with Crippen LogP contribution in [0, 0.1) is 22.7 Å². The number of hydrogen-bond acceptors (Lipinski definition) is 4. The molecule has 0 fully saturated rings. The first-order valence-corrected chi connectivity index (χ1v) is 2.79. The van der Waals surface area contributed by atoms with Crippen LogP contribution in [-0.4, -0.2) is 12.1 Å². The van der Waals surface area contributed by atoms with E-state index in [4.69, 9.17) is 10.5 Å². The molecule has 52 valence electrons. The summed E-state index contributed by atoms with van der Waals surface area (Å²) in [5.74, 6) is 0. The van der Waals surface area contributed by atoms with Crippen LogP contribution in [0.1, 0.15) is 13.8 Å². The largest absolute Gasteiger partial charge is 0.196 e. The van der Waals surface area contributed by atoms with Crippen molar-refractivity contribution in [3.63, 3.8) is 0 Å². The Morgan fingerprint density at radius 2 is 2.00 bits per heavy atom. The molecule has 0 N–H and O–H groups in total. The molecule has 0 bridgehead atoms. The SMILES string of the molecule is CC(C)(C#N)N=NCC#N. The van der Waals surface area contributed by atoms with Gasteiger partial charge in [-0.1, -0.05) is 0 Å². The average molecular weight is 136 g/mol. The lowest BCUT2D eigenvalue weighted by Gasteiger charge is -2.03. The van der Waals surface area contributed by atoms with E-state index >= 15 is 0 Å². The van der Waals surface area contributed by atoms with Gasteiger partial charge in [0.2, 0.25) is 0 Å². The Bertz CT molecular complexity index is 203. The van der Waals surface area contributed by atoms with Gasteiger partial charge in [-0.15, -0.1) is 0 Å². The Labute approximate surface area is 59.8 Å². The molecule has 0 aromatic carbocycles. The zero-order valence-corrected chi connectivity index (χ0v) is 6.00. The van der Waals surface area contributed by atoms with Crippen molar-refractivity contribution in [1.82, 2.24) is 0 Å². The summed E-state index contributed by atoms with van der Waals surface area (Å²) < 4.78 is 0. The molecule has 0 unspecified atom stereocenters. The summed E-state index contributed by atoms with van der Waals surface area (Å²) in [5, 5.41) is 23.5. The molecule has 10 heavy (non-hydrogen) atoms. The molecular formula is C6H8N4. The van der Waals surface area contributed by atoms with Crippen LogP contribution >= 0.6 is 0 Å². The first-order valence-electron chi connectivity index (χ1n) is 2.79. The van der Waals surface area contributed by atoms with Crippen LogP contribution in [0.3, 0.4) is 0 Å². The second-order valence-electron chi connectivity index (χ2n) is 2.23. The van der Waals surface area contributed by atoms with Gasteiger partial charge < -0.3 is 0 Å². The average Bonchev–Trinajstić information content (AvgIpc) is 1.89. The van der Waals surface area contributed by atoms with Crippen molar-refractivity contribution in [2.45, 2.75) is 19.4 Å². The molecule has 0 aliphatic heterocycles. The molecule has 0 saturated carbocycles. The Hall–Kier alpha value is -1.42. The van der Waals surface area contributed by atoms with Crippen molar-refractivity contribution in [2.75, 3.05) is 6.54 Å². The maximum absolute atomic E-state index is 8.41. The molecule has 0 amide bonds. The fourth-order valence-electron chi connectivity index (χ4n) is 0.266. The molecule has 4 nitrogen and oxygen atoms in total. The predicted molar refractivity (Wildman–Crippen MR) is 35.0 cm³/mol. The molecule has 0 spiro atoms. The zero-order valence-electron chi connectivity index (χ0n) is 6.00. The van der Waals surface area contributed by atoms with Crippen molar-refractivity contribution < 1.29 is 0 Å². The summed E-state index contributed by atoms with van der Waals surface area (Å²) in [7, 11) is 0. The zero-order chi connectivity index (χ0) is 8.04. The third-order valence-corrected chi connectivity index (χ3v) is 0.736.